The summed E-state index contributed by atoms with van der Waals surface area (Å²) in [6.45, 7) is 1.93. The molecular formula is C15H18O4. The molecule has 0 aromatic heterocycles. The maximum absolute atomic E-state index is 12.4. The van der Waals surface area contributed by atoms with E-state index in [-0.39, 0.29) is 12.2 Å². The largest absolute Gasteiger partial charge is 0.481 e. The van der Waals surface area contributed by atoms with Crippen molar-refractivity contribution in [3.8, 4) is 0 Å². The van der Waals surface area contributed by atoms with Gasteiger partial charge in [-0.2, -0.15) is 0 Å². The molecule has 0 saturated heterocycles. The third kappa shape index (κ3) is 3.01. The first-order chi connectivity index (χ1) is 8.99. The number of carbonyl (C=O) groups excluding carboxylic acids is 1. The minimum atomic E-state index is -0.947. The van der Waals surface area contributed by atoms with Gasteiger partial charge in [0.15, 0.2) is 5.78 Å². The normalized spacial score (nSPS) is 26.9. The summed E-state index contributed by atoms with van der Waals surface area (Å²) in [6.07, 6.45) is 0.479. The van der Waals surface area contributed by atoms with E-state index in [0.717, 1.165) is 5.56 Å². The van der Waals surface area contributed by atoms with Crippen molar-refractivity contribution in [1.29, 1.82) is 0 Å². The summed E-state index contributed by atoms with van der Waals surface area (Å²) in [4.78, 5) is 23.6. The van der Waals surface area contributed by atoms with E-state index < -0.39 is 23.9 Å². The first-order valence-electron chi connectivity index (χ1n) is 6.51. The van der Waals surface area contributed by atoms with Gasteiger partial charge in [-0.3, -0.25) is 9.59 Å². The highest BCUT2D eigenvalue weighted by Crippen LogP contribution is 2.33. The van der Waals surface area contributed by atoms with E-state index in [9.17, 15) is 19.8 Å². The van der Waals surface area contributed by atoms with E-state index in [2.05, 4.69) is 0 Å². The Morgan fingerprint density at radius 1 is 1.11 bits per heavy atom. The maximum atomic E-state index is 12.4. The van der Waals surface area contributed by atoms with E-state index >= 15 is 0 Å². The van der Waals surface area contributed by atoms with Crippen LogP contribution >= 0.6 is 0 Å². The Kier molecular flexibility index (Phi) is 4.00. The van der Waals surface area contributed by atoms with E-state index in [1.807, 2.05) is 19.1 Å². The van der Waals surface area contributed by atoms with Crippen molar-refractivity contribution in [2.24, 2.45) is 11.8 Å². The maximum Gasteiger partial charge on any atom is 0.307 e. The first kappa shape index (κ1) is 13.7. The summed E-state index contributed by atoms with van der Waals surface area (Å²) < 4.78 is 0. The molecule has 0 bridgehead atoms. The fourth-order valence-electron chi connectivity index (χ4n) is 2.67. The molecule has 0 aliphatic heterocycles. The second-order valence-electron chi connectivity index (χ2n) is 5.25. The number of hydrogen-bond acceptors (Lipinski definition) is 3. The molecule has 1 aliphatic carbocycles. The predicted octanol–water partition coefficient (Wildman–Crippen LogP) is 2.04. The molecule has 1 aliphatic rings. The van der Waals surface area contributed by atoms with Gasteiger partial charge in [-0.05, 0) is 26.2 Å². The second kappa shape index (κ2) is 5.53. The van der Waals surface area contributed by atoms with E-state index in [1.165, 1.54) is 0 Å². The number of hydrogen-bond donors (Lipinski definition) is 2. The highest BCUT2D eigenvalue weighted by Gasteiger charge is 2.38. The molecule has 102 valence electrons. The van der Waals surface area contributed by atoms with Gasteiger partial charge in [-0.1, -0.05) is 29.8 Å². The van der Waals surface area contributed by atoms with E-state index in [1.54, 1.807) is 12.1 Å². The van der Waals surface area contributed by atoms with Crippen LogP contribution < -0.4 is 0 Å². The van der Waals surface area contributed by atoms with Crippen LogP contribution in [0.25, 0.3) is 0 Å². The SMILES string of the molecule is Cc1ccc(C(=O)[C@@H]2C[C@@H](O)CC[C@H]2C(=O)O)cc1. The van der Waals surface area contributed by atoms with Crippen LogP contribution in [-0.2, 0) is 4.79 Å². The number of carboxylic acids is 1. The molecule has 2 N–H and O–H groups in total. The number of carbonyl (C=O) groups is 2. The number of benzene rings is 1. The fraction of sp³-hybridized carbons (Fsp3) is 0.467. The lowest BCUT2D eigenvalue weighted by molar-refractivity contribution is -0.145. The van der Waals surface area contributed by atoms with Crippen LogP contribution in [0.3, 0.4) is 0 Å². The Hall–Kier alpha value is -1.68. The molecule has 1 fully saturated rings. The second-order valence-corrected chi connectivity index (χ2v) is 5.25. The van der Waals surface area contributed by atoms with Gasteiger partial charge in [-0.25, -0.2) is 0 Å². The van der Waals surface area contributed by atoms with E-state index in [4.69, 9.17) is 0 Å². The Balaban J connectivity index is 2.23. The lowest BCUT2D eigenvalue weighted by Crippen LogP contribution is -2.37. The summed E-state index contributed by atoms with van der Waals surface area (Å²) >= 11 is 0. The zero-order valence-corrected chi connectivity index (χ0v) is 10.9. The van der Waals surface area contributed by atoms with Crippen molar-refractivity contribution < 1.29 is 19.8 Å². The molecule has 3 atom stereocenters. The Morgan fingerprint density at radius 3 is 2.32 bits per heavy atom. The van der Waals surface area contributed by atoms with Crippen LogP contribution in [-0.4, -0.2) is 28.1 Å². The molecule has 4 heteroatoms. The average molecular weight is 262 g/mol. The first-order valence-corrected chi connectivity index (χ1v) is 6.51. The number of aryl methyl sites for hydroxylation is 1. The van der Waals surface area contributed by atoms with Gasteiger partial charge >= 0.3 is 5.97 Å². The van der Waals surface area contributed by atoms with Gasteiger partial charge < -0.3 is 10.2 Å². The molecule has 0 heterocycles. The average Bonchev–Trinajstić information content (AvgIpc) is 2.38. The number of aliphatic hydroxyl groups excluding tert-OH is 1. The summed E-state index contributed by atoms with van der Waals surface area (Å²) in [5.74, 6) is -2.43. The summed E-state index contributed by atoms with van der Waals surface area (Å²) in [7, 11) is 0. The number of carboxylic acid groups (broad SMARTS) is 1. The van der Waals surface area contributed by atoms with Crippen molar-refractivity contribution in [3.05, 3.63) is 35.4 Å². The van der Waals surface area contributed by atoms with Crippen LogP contribution in [0.5, 0.6) is 0 Å². The van der Waals surface area contributed by atoms with Gasteiger partial charge in [0.2, 0.25) is 0 Å². The minimum absolute atomic E-state index is 0.175. The van der Waals surface area contributed by atoms with Crippen molar-refractivity contribution in [1.82, 2.24) is 0 Å². The van der Waals surface area contributed by atoms with Gasteiger partial charge in [0.25, 0.3) is 0 Å². The monoisotopic (exact) mass is 262 g/mol. The highest BCUT2D eigenvalue weighted by molar-refractivity contribution is 6.00. The van der Waals surface area contributed by atoms with Gasteiger partial charge in [0, 0.05) is 11.5 Å². The molecule has 4 nitrogen and oxygen atoms in total. The lowest BCUT2D eigenvalue weighted by atomic mass is 9.74. The number of Topliss-reactive ketones (excluding diaryl/α,β-unsaturated/α-hetero) is 1. The topological polar surface area (TPSA) is 74.6 Å². The number of aliphatic carboxylic acids is 1. The Labute approximate surface area is 112 Å². The smallest absolute Gasteiger partial charge is 0.307 e. The number of rotatable bonds is 3. The lowest BCUT2D eigenvalue weighted by Gasteiger charge is -2.30. The molecule has 0 radical (unpaired) electrons. The zero-order chi connectivity index (χ0) is 14.0. The van der Waals surface area contributed by atoms with Crippen LogP contribution in [0.15, 0.2) is 24.3 Å². The number of ketones is 1. The molecule has 1 aromatic carbocycles. The van der Waals surface area contributed by atoms with Crippen molar-refractivity contribution in [2.45, 2.75) is 32.3 Å². The molecule has 0 unspecified atom stereocenters. The summed E-state index contributed by atoms with van der Waals surface area (Å²) in [6, 6.07) is 7.11. The van der Waals surface area contributed by atoms with Crippen molar-refractivity contribution in [3.63, 3.8) is 0 Å². The van der Waals surface area contributed by atoms with Crippen molar-refractivity contribution in [2.75, 3.05) is 0 Å². The quantitative estimate of drug-likeness (QED) is 0.817. The predicted molar refractivity (Wildman–Crippen MR) is 70.0 cm³/mol. The van der Waals surface area contributed by atoms with Gasteiger partial charge in [-0.15, -0.1) is 0 Å². The molecule has 1 aromatic rings. The Morgan fingerprint density at radius 2 is 1.74 bits per heavy atom. The standard InChI is InChI=1S/C15H18O4/c1-9-2-4-10(5-3-9)14(17)13-8-11(16)6-7-12(13)15(18)19/h2-5,11-13,16H,6-8H2,1H3,(H,18,19)/t11-,12+,13+/m0/s1. The highest BCUT2D eigenvalue weighted by atomic mass is 16.4. The van der Waals surface area contributed by atoms with Gasteiger partial charge in [0.05, 0.1) is 12.0 Å². The van der Waals surface area contributed by atoms with Crippen LogP contribution in [0, 0.1) is 18.8 Å². The number of aliphatic hydroxyl groups is 1. The molecular weight excluding hydrogens is 244 g/mol. The van der Waals surface area contributed by atoms with Crippen LogP contribution in [0.1, 0.15) is 35.2 Å². The van der Waals surface area contributed by atoms with Crippen molar-refractivity contribution >= 4 is 11.8 Å². The molecule has 19 heavy (non-hydrogen) atoms. The molecule has 0 amide bonds. The zero-order valence-electron chi connectivity index (χ0n) is 10.9. The Bertz CT molecular complexity index is 477. The van der Waals surface area contributed by atoms with Crippen LogP contribution in [0.4, 0.5) is 0 Å². The fourth-order valence-corrected chi connectivity index (χ4v) is 2.67. The third-order valence-electron chi connectivity index (χ3n) is 3.81. The van der Waals surface area contributed by atoms with Crippen LogP contribution in [0.2, 0.25) is 0 Å². The molecule has 1 saturated carbocycles. The summed E-state index contributed by atoms with van der Waals surface area (Å²) in [5.41, 5.74) is 1.57. The third-order valence-corrected chi connectivity index (χ3v) is 3.81. The van der Waals surface area contributed by atoms with E-state index in [0.29, 0.717) is 18.4 Å². The molecule has 2 rings (SSSR count). The minimum Gasteiger partial charge on any atom is -0.481 e. The van der Waals surface area contributed by atoms with Gasteiger partial charge in [0.1, 0.15) is 0 Å². The summed E-state index contributed by atoms with van der Waals surface area (Å²) in [5, 5.41) is 18.9. The molecule has 0 spiro atoms.